The molecule has 0 heterocycles. The Kier molecular flexibility index (Phi) is 8.00. The summed E-state index contributed by atoms with van der Waals surface area (Å²) in [6.45, 7) is 6.36. The van der Waals surface area contributed by atoms with E-state index in [-0.39, 0.29) is 18.2 Å². The predicted octanol–water partition coefficient (Wildman–Crippen LogP) is 3.15. The smallest absolute Gasteiger partial charge is 0.441 e. The second-order valence-electron chi connectivity index (χ2n) is 4.61. The van der Waals surface area contributed by atoms with Gasteiger partial charge in [-0.3, -0.25) is 9.59 Å². The highest BCUT2D eigenvalue weighted by Crippen LogP contribution is 2.31. The summed E-state index contributed by atoms with van der Waals surface area (Å²) < 4.78 is 45.9. The van der Waals surface area contributed by atoms with Crippen molar-refractivity contribution in [2.24, 2.45) is 5.92 Å². The second kappa shape index (κ2) is 8.39. The van der Waals surface area contributed by atoms with E-state index in [1.807, 2.05) is 0 Å². The molecule has 0 bridgehead atoms. The third kappa shape index (κ3) is 9.06. The van der Waals surface area contributed by atoms with Crippen molar-refractivity contribution in [2.45, 2.75) is 51.8 Å². The Hall–Kier alpha value is -0.920. The van der Waals surface area contributed by atoms with Crippen molar-refractivity contribution in [2.75, 3.05) is 5.75 Å². The molecule has 0 unspecified atom stereocenters. The zero-order chi connectivity index (χ0) is 15.9. The molecule has 0 radical (unpaired) electrons. The topological polar surface area (TPSA) is 52.6 Å². The molecule has 0 aliphatic heterocycles. The number of hydrogen-bond acceptors (Lipinski definition) is 5. The molecule has 0 atom stereocenters. The van der Waals surface area contributed by atoms with Gasteiger partial charge in [0.05, 0.1) is 12.2 Å². The van der Waals surface area contributed by atoms with Crippen LogP contribution in [0, 0.1) is 5.92 Å². The number of carbonyl (C=O) groups is 2. The molecule has 0 amide bonds. The Morgan fingerprint density at radius 3 is 1.70 bits per heavy atom. The molecule has 8 heteroatoms. The maximum absolute atomic E-state index is 12.1. The van der Waals surface area contributed by atoms with Gasteiger partial charge in [0, 0.05) is 5.75 Å². The van der Waals surface area contributed by atoms with E-state index in [2.05, 4.69) is 0 Å². The standard InChI is InChI=1S/C12H19F3O4S/c1-7(2)18-10(16)9(11(17)19-8(3)4)5-6-20-12(13,14)15/h7-9H,5-6H2,1-4H3. The van der Waals surface area contributed by atoms with Crippen LogP contribution in [0.4, 0.5) is 13.2 Å². The van der Waals surface area contributed by atoms with E-state index >= 15 is 0 Å². The molecule has 0 aromatic heterocycles. The van der Waals surface area contributed by atoms with Crippen molar-refractivity contribution in [3.63, 3.8) is 0 Å². The Morgan fingerprint density at radius 2 is 1.40 bits per heavy atom. The molecule has 0 aliphatic rings. The normalized spacial score (nSPS) is 12.1. The van der Waals surface area contributed by atoms with Crippen LogP contribution in [0.2, 0.25) is 0 Å². The molecule has 0 aliphatic carbocycles. The Bertz CT molecular complexity index is 307. The maximum Gasteiger partial charge on any atom is 0.441 e. The molecule has 118 valence electrons. The summed E-state index contributed by atoms with van der Waals surface area (Å²) in [7, 11) is 0. The zero-order valence-electron chi connectivity index (χ0n) is 11.8. The summed E-state index contributed by atoms with van der Waals surface area (Å²) in [5.74, 6) is -3.44. The van der Waals surface area contributed by atoms with Crippen molar-refractivity contribution in [3.05, 3.63) is 0 Å². The number of ether oxygens (including phenoxy) is 2. The number of thioether (sulfide) groups is 1. The van der Waals surface area contributed by atoms with E-state index in [1.54, 1.807) is 27.7 Å². The third-order valence-corrected chi connectivity index (χ3v) is 2.71. The lowest BCUT2D eigenvalue weighted by Crippen LogP contribution is -2.31. The van der Waals surface area contributed by atoms with E-state index in [0.29, 0.717) is 0 Å². The maximum atomic E-state index is 12.1. The molecule has 4 nitrogen and oxygen atoms in total. The van der Waals surface area contributed by atoms with E-state index in [0.717, 1.165) is 0 Å². The lowest BCUT2D eigenvalue weighted by molar-refractivity contribution is -0.166. The van der Waals surface area contributed by atoms with Crippen LogP contribution in [0.5, 0.6) is 0 Å². The van der Waals surface area contributed by atoms with Gasteiger partial charge >= 0.3 is 17.4 Å². The minimum absolute atomic E-state index is 0.277. The van der Waals surface area contributed by atoms with Crippen LogP contribution < -0.4 is 0 Å². The monoisotopic (exact) mass is 316 g/mol. The van der Waals surface area contributed by atoms with Crippen molar-refractivity contribution in [3.8, 4) is 0 Å². The molecule has 0 aromatic carbocycles. The molecule has 0 spiro atoms. The molecule has 0 aromatic rings. The van der Waals surface area contributed by atoms with Crippen LogP contribution in [-0.4, -0.2) is 35.4 Å². The van der Waals surface area contributed by atoms with Crippen LogP contribution in [0.25, 0.3) is 0 Å². The molecule has 0 rings (SSSR count). The van der Waals surface area contributed by atoms with Gasteiger partial charge in [0.15, 0.2) is 5.92 Å². The molecule has 0 saturated heterocycles. The van der Waals surface area contributed by atoms with Gasteiger partial charge in [-0.1, -0.05) is 11.8 Å². The molecule has 0 N–H and O–H groups in total. The highest BCUT2D eigenvalue weighted by Gasteiger charge is 2.34. The van der Waals surface area contributed by atoms with Gasteiger partial charge in [-0.2, -0.15) is 13.2 Å². The van der Waals surface area contributed by atoms with Gasteiger partial charge in [-0.25, -0.2) is 0 Å². The summed E-state index contributed by atoms with van der Waals surface area (Å²) in [5, 5.41) is 0. The van der Waals surface area contributed by atoms with Crippen LogP contribution in [0.1, 0.15) is 34.1 Å². The van der Waals surface area contributed by atoms with Gasteiger partial charge in [-0.05, 0) is 34.1 Å². The van der Waals surface area contributed by atoms with Crippen LogP contribution >= 0.6 is 11.8 Å². The van der Waals surface area contributed by atoms with E-state index in [1.165, 1.54) is 0 Å². The summed E-state index contributed by atoms with van der Waals surface area (Å²) in [6, 6.07) is 0. The Labute approximate surface area is 120 Å². The average molecular weight is 316 g/mol. The van der Waals surface area contributed by atoms with Gasteiger partial charge < -0.3 is 9.47 Å². The second-order valence-corrected chi connectivity index (χ2v) is 5.77. The quantitative estimate of drug-likeness (QED) is 0.533. The average Bonchev–Trinajstić information content (AvgIpc) is 2.20. The molecule has 0 fully saturated rings. The molecule has 0 saturated carbocycles. The third-order valence-electron chi connectivity index (χ3n) is 1.94. The fraction of sp³-hybridized carbons (Fsp3) is 0.833. The van der Waals surface area contributed by atoms with E-state index in [4.69, 9.17) is 9.47 Å². The number of alkyl halides is 3. The van der Waals surface area contributed by atoms with Crippen molar-refractivity contribution >= 4 is 23.7 Å². The first kappa shape index (κ1) is 19.1. The largest absolute Gasteiger partial charge is 0.462 e. The number of hydrogen-bond donors (Lipinski definition) is 0. The zero-order valence-corrected chi connectivity index (χ0v) is 12.6. The fourth-order valence-electron chi connectivity index (χ4n) is 1.25. The predicted molar refractivity (Wildman–Crippen MR) is 69.1 cm³/mol. The van der Waals surface area contributed by atoms with Crippen LogP contribution in [-0.2, 0) is 19.1 Å². The SMILES string of the molecule is CC(C)OC(=O)C(CCSC(F)(F)F)C(=O)OC(C)C. The Morgan fingerprint density at radius 1 is 1.00 bits per heavy atom. The molecule has 20 heavy (non-hydrogen) atoms. The molecular formula is C12H19F3O4S. The summed E-state index contributed by atoms with van der Waals surface area (Å²) in [4.78, 5) is 23.4. The van der Waals surface area contributed by atoms with Gasteiger partial charge in [0.2, 0.25) is 0 Å². The van der Waals surface area contributed by atoms with Gasteiger partial charge in [0.1, 0.15) is 0 Å². The van der Waals surface area contributed by atoms with Crippen LogP contribution in [0.15, 0.2) is 0 Å². The summed E-state index contributed by atoms with van der Waals surface area (Å²) in [6.07, 6.45) is -1.18. The number of halogens is 3. The fourth-order valence-corrected chi connectivity index (χ4v) is 1.84. The first-order chi connectivity index (χ1) is 9.03. The van der Waals surface area contributed by atoms with E-state index < -0.39 is 41.3 Å². The van der Waals surface area contributed by atoms with Crippen LogP contribution in [0.3, 0.4) is 0 Å². The minimum Gasteiger partial charge on any atom is -0.462 e. The number of rotatable bonds is 7. The number of carbonyl (C=O) groups excluding carboxylic acids is 2. The number of esters is 2. The molecular weight excluding hydrogens is 297 g/mol. The summed E-state index contributed by atoms with van der Waals surface area (Å²) >= 11 is -0.281. The minimum atomic E-state index is -4.39. The first-order valence-corrected chi connectivity index (χ1v) is 7.13. The van der Waals surface area contributed by atoms with Gasteiger partial charge in [-0.15, -0.1) is 0 Å². The lowest BCUT2D eigenvalue weighted by atomic mass is 10.1. The van der Waals surface area contributed by atoms with E-state index in [9.17, 15) is 22.8 Å². The first-order valence-electron chi connectivity index (χ1n) is 6.14. The van der Waals surface area contributed by atoms with Gasteiger partial charge in [0.25, 0.3) is 0 Å². The highest BCUT2D eigenvalue weighted by atomic mass is 32.2. The lowest BCUT2D eigenvalue weighted by Gasteiger charge is -2.18. The van der Waals surface area contributed by atoms with Crippen molar-refractivity contribution in [1.82, 2.24) is 0 Å². The summed E-state index contributed by atoms with van der Waals surface area (Å²) in [5.41, 5.74) is -4.39. The van der Waals surface area contributed by atoms with Crippen molar-refractivity contribution in [1.29, 1.82) is 0 Å². The highest BCUT2D eigenvalue weighted by molar-refractivity contribution is 8.00. The Balaban J connectivity index is 4.62. The van der Waals surface area contributed by atoms with Crippen molar-refractivity contribution < 1.29 is 32.2 Å².